The highest BCUT2D eigenvalue weighted by molar-refractivity contribution is 5.88. The average molecular weight is 389 g/mol. The van der Waals surface area contributed by atoms with Gasteiger partial charge < -0.3 is 5.32 Å². The fourth-order valence-corrected chi connectivity index (χ4v) is 4.26. The lowest BCUT2D eigenvalue weighted by atomic mass is 9.91. The van der Waals surface area contributed by atoms with Crippen LogP contribution >= 0.6 is 0 Å². The zero-order chi connectivity index (χ0) is 20.3. The lowest BCUT2D eigenvalue weighted by Gasteiger charge is -2.37. The van der Waals surface area contributed by atoms with Crippen LogP contribution in [0, 0.1) is 0 Å². The molecular weight excluding hydrogens is 360 g/mol. The third kappa shape index (κ3) is 4.10. The van der Waals surface area contributed by atoms with Crippen LogP contribution < -0.4 is 5.32 Å². The topological polar surface area (TPSA) is 50.2 Å². The molecule has 2 aromatic carbocycles. The minimum atomic E-state index is -0.555. The van der Waals surface area contributed by atoms with E-state index in [1.54, 1.807) is 10.9 Å². The standard InChI is InChI=1S/C24H28N4O/c1-27(13-12-19-8-4-3-5-9-19)24(14-21-10-6-7-11-22(21)15-24)23(29)25-16-20-17-26-28(2)18-20/h3-11,17-18H,12-16H2,1-2H3,(H,25,29). The molecule has 29 heavy (non-hydrogen) atoms. The maximum absolute atomic E-state index is 13.5. The first-order valence-corrected chi connectivity index (χ1v) is 10.1. The molecule has 150 valence electrons. The summed E-state index contributed by atoms with van der Waals surface area (Å²) in [6.45, 7) is 1.33. The Morgan fingerprint density at radius 2 is 1.72 bits per heavy atom. The number of carbonyl (C=O) groups excluding carboxylic acids is 1. The Morgan fingerprint density at radius 1 is 1.07 bits per heavy atom. The Labute approximate surface area is 172 Å². The Morgan fingerprint density at radius 3 is 2.34 bits per heavy atom. The number of benzene rings is 2. The minimum Gasteiger partial charge on any atom is -0.350 e. The molecule has 0 bridgehead atoms. The number of hydrogen-bond donors (Lipinski definition) is 1. The monoisotopic (exact) mass is 388 g/mol. The first kappa shape index (κ1) is 19.4. The second-order valence-electron chi connectivity index (χ2n) is 8.02. The smallest absolute Gasteiger partial charge is 0.241 e. The second-order valence-corrected chi connectivity index (χ2v) is 8.02. The van der Waals surface area contributed by atoms with E-state index in [9.17, 15) is 4.79 Å². The molecule has 1 heterocycles. The van der Waals surface area contributed by atoms with Gasteiger partial charge in [0.2, 0.25) is 5.91 Å². The van der Waals surface area contributed by atoms with Gasteiger partial charge in [-0.3, -0.25) is 14.4 Å². The van der Waals surface area contributed by atoms with Crippen molar-refractivity contribution in [1.29, 1.82) is 0 Å². The summed E-state index contributed by atoms with van der Waals surface area (Å²) in [4.78, 5) is 15.7. The molecule has 1 N–H and O–H groups in total. The molecule has 0 atom stereocenters. The fourth-order valence-electron chi connectivity index (χ4n) is 4.26. The first-order chi connectivity index (χ1) is 14.1. The number of nitrogens with one attached hydrogen (secondary N) is 1. The second kappa shape index (κ2) is 8.21. The van der Waals surface area contributed by atoms with Crippen LogP contribution in [0.1, 0.15) is 22.3 Å². The van der Waals surface area contributed by atoms with Crippen LogP contribution in [0.4, 0.5) is 0 Å². The van der Waals surface area contributed by atoms with E-state index >= 15 is 0 Å². The van der Waals surface area contributed by atoms with Crippen molar-refractivity contribution in [2.24, 2.45) is 7.05 Å². The highest BCUT2D eigenvalue weighted by Crippen LogP contribution is 2.34. The number of amides is 1. The van der Waals surface area contributed by atoms with Crippen molar-refractivity contribution in [3.8, 4) is 0 Å². The number of hydrogen-bond acceptors (Lipinski definition) is 3. The number of aromatic nitrogens is 2. The van der Waals surface area contributed by atoms with Gasteiger partial charge in [0.15, 0.2) is 0 Å². The van der Waals surface area contributed by atoms with Gasteiger partial charge in [0.25, 0.3) is 0 Å². The number of rotatable bonds is 7. The predicted octanol–water partition coefficient (Wildman–Crippen LogP) is 2.75. The fraction of sp³-hybridized carbons (Fsp3) is 0.333. The maximum Gasteiger partial charge on any atom is 0.241 e. The average Bonchev–Trinajstić information content (AvgIpc) is 3.35. The van der Waals surface area contributed by atoms with E-state index in [0.29, 0.717) is 6.54 Å². The highest BCUT2D eigenvalue weighted by Gasteiger charge is 2.46. The number of carbonyl (C=O) groups is 1. The minimum absolute atomic E-state index is 0.0908. The Bertz CT molecular complexity index is 954. The van der Waals surface area contributed by atoms with Crippen LogP contribution in [0.5, 0.6) is 0 Å². The summed E-state index contributed by atoms with van der Waals surface area (Å²) in [5.74, 6) is 0.0908. The summed E-state index contributed by atoms with van der Waals surface area (Å²) in [5, 5.41) is 7.37. The SMILES string of the molecule is CN(CCc1ccccc1)C1(C(=O)NCc2cnn(C)c2)Cc2ccccc2C1. The Kier molecular flexibility index (Phi) is 5.49. The Hall–Kier alpha value is -2.92. The zero-order valence-electron chi connectivity index (χ0n) is 17.1. The molecule has 0 unspecified atom stereocenters. The number of fused-ring (bicyclic) bond motifs is 1. The number of aryl methyl sites for hydroxylation is 1. The molecule has 0 saturated carbocycles. The molecule has 0 radical (unpaired) electrons. The van der Waals surface area contributed by atoms with E-state index < -0.39 is 5.54 Å². The van der Waals surface area contributed by atoms with Crippen LogP contribution in [0.2, 0.25) is 0 Å². The molecule has 1 aliphatic carbocycles. The van der Waals surface area contributed by atoms with Crippen molar-refractivity contribution in [3.05, 3.63) is 89.2 Å². The summed E-state index contributed by atoms with van der Waals surface area (Å²) in [7, 11) is 3.97. The summed E-state index contributed by atoms with van der Waals surface area (Å²) >= 11 is 0. The van der Waals surface area contributed by atoms with Crippen LogP contribution in [0.25, 0.3) is 0 Å². The van der Waals surface area contributed by atoms with Gasteiger partial charge in [0, 0.05) is 44.7 Å². The van der Waals surface area contributed by atoms with Crippen molar-refractivity contribution in [2.45, 2.75) is 31.3 Å². The third-order valence-electron chi connectivity index (χ3n) is 6.03. The number of likely N-dealkylation sites (N-methyl/N-ethyl adjacent to an activating group) is 1. The van der Waals surface area contributed by atoms with E-state index in [1.807, 2.05) is 19.3 Å². The Balaban J connectivity index is 1.52. The van der Waals surface area contributed by atoms with Crippen molar-refractivity contribution in [2.75, 3.05) is 13.6 Å². The largest absolute Gasteiger partial charge is 0.350 e. The maximum atomic E-state index is 13.5. The van der Waals surface area contributed by atoms with Crippen LogP contribution in [0.3, 0.4) is 0 Å². The normalized spacial score (nSPS) is 14.7. The quantitative estimate of drug-likeness (QED) is 0.677. The van der Waals surface area contributed by atoms with Gasteiger partial charge in [-0.25, -0.2) is 0 Å². The van der Waals surface area contributed by atoms with Gasteiger partial charge in [-0.05, 0) is 30.2 Å². The molecule has 1 amide bonds. The van der Waals surface area contributed by atoms with E-state index in [-0.39, 0.29) is 5.91 Å². The molecule has 1 aliphatic rings. The van der Waals surface area contributed by atoms with Gasteiger partial charge >= 0.3 is 0 Å². The lowest BCUT2D eigenvalue weighted by Crippen LogP contribution is -2.58. The van der Waals surface area contributed by atoms with Crippen LogP contribution in [0.15, 0.2) is 67.0 Å². The van der Waals surface area contributed by atoms with Crippen molar-refractivity contribution < 1.29 is 4.79 Å². The van der Waals surface area contributed by atoms with Crippen LogP contribution in [-0.4, -0.2) is 39.7 Å². The molecule has 4 rings (SSSR count). The lowest BCUT2D eigenvalue weighted by molar-refractivity contribution is -0.132. The van der Waals surface area contributed by atoms with E-state index in [0.717, 1.165) is 31.4 Å². The highest BCUT2D eigenvalue weighted by atomic mass is 16.2. The van der Waals surface area contributed by atoms with E-state index in [2.05, 4.69) is 70.9 Å². The van der Waals surface area contributed by atoms with Gasteiger partial charge in [0.05, 0.1) is 6.20 Å². The molecule has 5 heteroatoms. The molecule has 0 saturated heterocycles. The van der Waals surface area contributed by atoms with E-state index in [4.69, 9.17) is 0 Å². The van der Waals surface area contributed by atoms with Crippen molar-refractivity contribution in [3.63, 3.8) is 0 Å². The summed E-state index contributed by atoms with van der Waals surface area (Å²) in [6.07, 6.45) is 6.15. The van der Waals surface area contributed by atoms with Crippen molar-refractivity contribution >= 4 is 5.91 Å². The number of nitrogens with zero attached hydrogens (tertiary/aromatic N) is 3. The molecule has 5 nitrogen and oxygen atoms in total. The third-order valence-corrected chi connectivity index (χ3v) is 6.03. The van der Waals surface area contributed by atoms with Crippen molar-refractivity contribution in [1.82, 2.24) is 20.0 Å². The van der Waals surface area contributed by atoms with Gasteiger partial charge in [0.1, 0.15) is 5.54 Å². The van der Waals surface area contributed by atoms with Gasteiger partial charge in [-0.1, -0.05) is 54.6 Å². The molecule has 0 aliphatic heterocycles. The van der Waals surface area contributed by atoms with Crippen LogP contribution in [-0.2, 0) is 37.6 Å². The zero-order valence-corrected chi connectivity index (χ0v) is 17.1. The molecular formula is C24H28N4O. The molecule has 0 spiro atoms. The van der Waals surface area contributed by atoms with Gasteiger partial charge in [-0.15, -0.1) is 0 Å². The molecule has 0 fully saturated rings. The summed E-state index contributed by atoms with van der Waals surface area (Å²) in [6, 6.07) is 18.9. The molecule has 1 aromatic heterocycles. The predicted molar refractivity (Wildman–Crippen MR) is 114 cm³/mol. The first-order valence-electron chi connectivity index (χ1n) is 10.1. The van der Waals surface area contributed by atoms with Gasteiger partial charge in [-0.2, -0.15) is 5.10 Å². The molecule has 3 aromatic rings. The summed E-state index contributed by atoms with van der Waals surface area (Å²) in [5.41, 5.74) is 4.30. The summed E-state index contributed by atoms with van der Waals surface area (Å²) < 4.78 is 1.76. The van der Waals surface area contributed by atoms with E-state index in [1.165, 1.54) is 16.7 Å².